The van der Waals surface area contributed by atoms with Crippen molar-refractivity contribution in [3.05, 3.63) is 65.9 Å². The molecule has 0 saturated heterocycles. The van der Waals surface area contributed by atoms with E-state index in [1.165, 1.54) is 11.1 Å². The minimum atomic E-state index is 0.527. The highest BCUT2D eigenvalue weighted by atomic mass is 16.5. The Hall–Kier alpha value is -3.45. The van der Waals surface area contributed by atoms with Gasteiger partial charge in [0, 0.05) is 19.3 Å². The van der Waals surface area contributed by atoms with Crippen LogP contribution in [-0.4, -0.2) is 40.0 Å². The molecule has 0 spiro atoms. The molecule has 0 aliphatic rings. The Morgan fingerprint density at radius 2 is 1.76 bits per heavy atom. The number of ether oxygens (including phenoxy) is 1. The molecule has 0 fully saturated rings. The third kappa shape index (κ3) is 4.20. The van der Waals surface area contributed by atoms with Crippen molar-refractivity contribution in [2.75, 3.05) is 30.9 Å². The summed E-state index contributed by atoms with van der Waals surface area (Å²) in [6.07, 6.45) is 1.80. The number of benzene rings is 2. The minimum Gasteiger partial charge on any atom is -0.383 e. The number of hydrogen-bond acceptors (Lipinski definition) is 6. The van der Waals surface area contributed by atoms with Crippen LogP contribution < -0.4 is 10.6 Å². The summed E-state index contributed by atoms with van der Waals surface area (Å²) in [6, 6.07) is 16.3. The average Bonchev–Trinajstić information content (AvgIpc) is 3.12. The van der Waals surface area contributed by atoms with Crippen LogP contribution in [0.15, 0.2) is 54.7 Å². The molecule has 4 rings (SSSR count). The van der Waals surface area contributed by atoms with E-state index in [-0.39, 0.29) is 0 Å². The monoisotopic (exact) mass is 388 g/mol. The lowest BCUT2D eigenvalue weighted by Crippen LogP contribution is -2.11. The molecule has 0 atom stereocenters. The van der Waals surface area contributed by atoms with Crippen molar-refractivity contribution < 1.29 is 4.74 Å². The van der Waals surface area contributed by atoms with Gasteiger partial charge in [0.25, 0.3) is 0 Å². The second-order valence-electron chi connectivity index (χ2n) is 6.95. The molecule has 0 aliphatic heterocycles. The summed E-state index contributed by atoms with van der Waals surface area (Å²) in [6.45, 7) is 5.35. The molecule has 7 heteroatoms. The Morgan fingerprint density at radius 3 is 2.48 bits per heavy atom. The first-order chi connectivity index (χ1) is 14.1. The molecule has 2 heterocycles. The Labute approximate surface area is 169 Å². The lowest BCUT2D eigenvalue weighted by atomic mass is 10.1. The van der Waals surface area contributed by atoms with Crippen molar-refractivity contribution in [2.45, 2.75) is 13.8 Å². The van der Waals surface area contributed by atoms with E-state index in [9.17, 15) is 0 Å². The van der Waals surface area contributed by atoms with Gasteiger partial charge >= 0.3 is 0 Å². The smallest absolute Gasteiger partial charge is 0.226 e. The zero-order chi connectivity index (χ0) is 20.2. The van der Waals surface area contributed by atoms with Crippen LogP contribution in [0.25, 0.3) is 16.7 Å². The summed E-state index contributed by atoms with van der Waals surface area (Å²) in [4.78, 5) is 9.40. The Kier molecular flexibility index (Phi) is 5.39. The fourth-order valence-electron chi connectivity index (χ4n) is 3.29. The molecule has 0 radical (unpaired) electrons. The normalized spacial score (nSPS) is 11.0. The number of nitrogens with one attached hydrogen (secondary N) is 2. The molecule has 7 nitrogen and oxygen atoms in total. The van der Waals surface area contributed by atoms with Gasteiger partial charge in [-0.2, -0.15) is 15.1 Å². The first-order valence-corrected chi connectivity index (χ1v) is 9.53. The summed E-state index contributed by atoms with van der Waals surface area (Å²) in [5, 5.41) is 12.1. The molecule has 2 aromatic carbocycles. The fraction of sp³-hybridized carbons (Fsp3) is 0.227. The number of rotatable bonds is 7. The van der Waals surface area contributed by atoms with E-state index in [1.54, 1.807) is 13.3 Å². The summed E-state index contributed by atoms with van der Waals surface area (Å²) < 4.78 is 6.95. The van der Waals surface area contributed by atoms with Crippen molar-refractivity contribution in [2.24, 2.45) is 0 Å². The van der Waals surface area contributed by atoms with Crippen molar-refractivity contribution >= 4 is 28.5 Å². The van der Waals surface area contributed by atoms with Crippen molar-refractivity contribution in [1.82, 2.24) is 19.7 Å². The predicted octanol–water partition coefficient (Wildman–Crippen LogP) is 4.23. The quantitative estimate of drug-likeness (QED) is 0.461. The Balaban J connectivity index is 1.80. The number of hydrogen-bond donors (Lipinski definition) is 2. The number of aryl methyl sites for hydroxylation is 2. The largest absolute Gasteiger partial charge is 0.383 e. The van der Waals surface area contributed by atoms with E-state index in [2.05, 4.69) is 47.8 Å². The lowest BCUT2D eigenvalue weighted by Gasteiger charge is -2.12. The van der Waals surface area contributed by atoms with Gasteiger partial charge in [0.2, 0.25) is 5.95 Å². The standard InChI is InChI=1S/C22H24N6O/c1-15-11-16(2)13-17(12-15)25-20-19-14-24-28(18-7-5-4-6-8-18)21(19)27-22(26-20)23-9-10-29-3/h4-8,11-14H,9-10H2,1-3H3,(H2,23,25,26,27). The van der Waals surface area contributed by atoms with Crippen molar-refractivity contribution in [3.63, 3.8) is 0 Å². The summed E-state index contributed by atoms with van der Waals surface area (Å²) in [7, 11) is 1.67. The maximum atomic E-state index is 5.13. The van der Waals surface area contributed by atoms with Gasteiger partial charge in [-0.15, -0.1) is 0 Å². The molecule has 0 saturated carbocycles. The Morgan fingerprint density at radius 1 is 1.00 bits per heavy atom. The SMILES string of the molecule is COCCNc1nc(Nc2cc(C)cc(C)c2)c2cnn(-c3ccccc3)c2n1. The molecule has 2 aromatic heterocycles. The van der Waals surface area contributed by atoms with Gasteiger partial charge in [0.15, 0.2) is 5.65 Å². The van der Waals surface area contributed by atoms with E-state index in [0.29, 0.717) is 24.9 Å². The second-order valence-corrected chi connectivity index (χ2v) is 6.95. The van der Waals surface area contributed by atoms with E-state index in [4.69, 9.17) is 14.7 Å². The Bertz CT molecular complexity index is 1100. The van der Waals surface area contributed by atoms with Gasteiger partial charge in [0.05, 0.1) is 23.9 Å². The number of aromatic nitrogens is 4. The molecule has 0 amide bonds. The molecule has 29 heavy (non-hydrogen) atoms. The number of anilines is 3. The number of methoxy groups -OCH3 is 1. The highest BCUT2D eigenvalue weighted by molar-refractivity contribution is 5.90. The van der Waals surface area contributed by atoms with E-state index >= 15 is 0 Å². The van der Waals surface area contributed by atoms with Crippen molar-refractivity contribution in [1.29, 1.82) is 0 Å². The third-order valence-corrected chi connectivity index (χ3v) is 4.50. The molecular formula is C22H24N6O. The minimum absolute atomic E-state index is 0.527. The van der Waals surface area contributed by atoms with E-state index in [1.807, 2.05) is 35.0 Å². The van der Waals surface area contributed by atoms with Gasteiger partial charge in [-0.1, -0.05) is 24.3 Å². The molecular weight excluding hydrogens is 364 g/mol. The van der Waals surface area contributed by atoms with Gasteiger partial charge in [-0.05, 0) is 49.2 Å². The molecule has 2 N–H and O–H groups in total. The van der Waals surface area contributed by atoms with Gasteiger partial charge in [0.1, 0.15) is 5.82 Å². The average molecular weight is 388 g/mol. The number of fused-ring (bicyclic) bond motifs is 1. The van der Waals surface area contributed by atoms with Crippen molar-refractivity contribution in [3.8, 4) is 5.69 Å². The van der Waals surface area contributed by atoms with Gasteiger partial charge in [-0.25, -0.2) is 4.68 Å². The molecule has 0 unspecified atom stereocenters. The van der Waals surface area contributed by atoms with Crippen LogP contribution in [0.1, 0.15) is 11.1 Å². The lowest BCUT2D eigenvalue weighted by molar-refractivity contribution is 0.210. The number of nitrogens with zero attached hydrogens (tertiary/aromatic N) is 4. The van der Waals surface area contributed by atoms with E-state index in [0.717, 1.165) is 22.4 Å². The molecule has 4 aromatic rings. The summed E-state index contributed by atoms with van der Waals surface area (Å²) in [5.41, 5.74) is 5.05. The van der Waals surface area contributed by atoms with E-state index < -0.39 is 0 Å². The van der Waals surface area contributed by atoms with Gasteiger partial charge < -0.3 is 15.4 Å². The third-order valence-electron chi connectivity index (χ3n) is 4.50. The van der Waals surface area contributed by atoms with Crippen LogP contribution in [0.2, 0.25) is 0 Å². The first kappa shape index (κ1) is 18.9. The zero-order valence-corrected chi connectivity index (χ0v) is 16.8. The summed E-state index contributed by atoms with van der Waals surface area (Å²) >= 11 is 0. The fourth-order valence-corrected chi connectivity index (χ4v) is 3.29. The van der Waals surface area contributed by atoms with Crippen LogP contribution in [0.3, 0.4) is 0 Å². The molecule has 148 valence electrons. The van der Waals surface area contributed by atoms with Crippen LogP contribution >= 0.6 is 0 Å². The highest BCUT2D eigenvalue weighted by Gasteiger charge is 2.14. The van der Waals surface area contributed by atoms with Gasteiger partial charge in [-0.3, -0.25) is 0 Å². The maximum absolute atomic E-state index is 5.13. The highest BCUT2D eigenvalue weighted by Crippen LogP contribution is 2.27. The molecule has 0 aliphatic carbocycles. The second kappa shape index (κ2) is 8.28. The predicted molar refractivity (Wildman–Crippen MR) is 116 cm³/mol. The summed E-state index contributed by atoms with van der Waals surface area (Å²) in [5.74, 6) is 1.24. The zero-order valence-electron chi connectivity index (χ0n) is 16.8. The maximum Gasteiger partial charge on any atom is 0.226 e. The van der Waals surface area contributed by atoms with Crippen LogP contribution in [-0.2, 0) is 4.74 Å². The van der Waals surface area contributed by atoms with Crippen LogP contribution in [0.5, 0.6) is 0 Å². The molecule has 0 bridgehead atoms. The topological polar surface area (TPSA) is 76.9 Å². The number of para-hydroxylation sites is 1. The van der Waals surface area contributed by atoms with Crippen LogP contribution in [0.4, 0.5) is 17.5 Å². The first-order valence-electron chi connectivity index (χ1n) is 9.53. The van der Waals surface area contributed by atoms with Crippen LogP contribution in [0, 0.1) is 13.8 Å².